The first kappa shape index (κ1) is 14.0. The van der Waals surface area contributed by atoms with E-state index < -0.39 is 0 Å². The lowest BCUT2D eigenvalue weighted by Crippen LogP contribution is -2.23. The summed E-state index contributed by atoms with van der Waals surface area (Å²) in [6.07, 6.45) is 2.80. The van der Waals surface area contributed by atoms with Crippen LogP contribution in [0.3, 0.4) is 0 Å². The number of carbonyl (C=O) groups is 1. The predicted molar refractivity (Wildman–Crippen MR) is 88.1 cm³/mol. The molecule has 3 rings (SSSR count). The molecule has 1 nitrogen and oxygen atoms in total. The monoisotopic (exact) mass is 392 g/mol. The maximum absolute atomic E-state index is 12.7. The van der Waals surface area contributed by atoms with Gasteiger partial charge in [-0.05, 0) is 48.6 Å². The Balaban J connectivity index is 1.86. The average Bonchev–Trinajstić information content (AvgIpc) is 2.46. The summed E-state index contributed by atoms with van der Waals surface area (Å²) >= 11 is 6.92. The first-order valence-electron chi connectivity index (χ1n) is 6.71. The minimum Gasteiger partial charge on any atom is -0.294 e. The fraction of sp³-hybridized carbons (Fsp3) is 0.235. The van der Waals surface area contributed by atoms with Gasteiger partial charge in [-0.1, -0.05) is 56.1 Å². The van der Waals surface area contributed by atoms with E-state index in [0.717, 1.165) is 33.8 Å². The van der Waals surface area contributed by atoms with Crippen molar-refractivity contribution in [3.05, 3.63) is 68.1 Å². The van der Waals surface area contributed by atoms with Crippen LogP contribution in [0.5, 0.6) is 0 Å². The van der Waals surface area contributed by atoms with Gasteiger partial charge < -0.3 is 0 Å². The summed E-state index contributed by atoms with van der Waals surface area (Å²) in [7, 11) is 0. The van der Waals surface area contributed by atoms with Gasteiger partial charge in [-0.3, -0.25) is 4.79 Å². The number of carbonyl (C=O) groups excluding carboxylic acids is 1. The second kappa shape index (κ2) is 5.82. The third-order valence-electron chi connectivity index (χ3n) is 3.91. The molecule has 1 unspecified atom stereocenters. The molecule has 102 valence electrons. The first-order chi connectivity index (χ1) is 9.65. The lowest BCUT2D eigenvalue weighted by molar-refractivity contribution is 0.0908. The normalized spacial score (nSPS) is 17.6. The van der Waals surface area contributed by atoms with E-state index in [4.69, 9.17) is 0 Å². The van der Waals surface area contributed by atoms with Crippen LogP contribution in [-0.4, -0.2) is 5.78 Å². The molecule has 0 saturated carbocycles. The standard InChI is InChI=1S/C17H14Br2O/c18-14-7-8-15(16(19)10-14)17(20)13-6-5-11-3-1-2-4-12(11)9-13/h1-4,7-8,10,13H,5-6,9H2. The van der Waals surface area contributed by atoms with Crippen LogP contribution < -0.4 is 0 Å². The Morgan fingerprint density at radius 2 is 1.80 bits per heavy atom. The smallest absolute Gasteiger partial charge is 0.167 e. The number of aryl methyl sites for hydroxylation is 1. The van der Waals surface area contributed by atoms with Crippen molar-refractivity contribution in [1.29, 1.82) is 0 Å². The van der Waals surface area contributed by atoms with E-state index in [-0.39, 0.29) is 11.7 Å². The largest absolute Gasteiger partial charge is 0.294 e. The van der Waals surface area contributed by atoms with Gasteiger partial charge in [0, 0.05) is 20.4 Å². The van der Waals surface area contributed by atoms with Crippen LogP contribution in [0.2, 0.25) is 0 Å². The van der Waals surface area contributed by atoms with Crippen LogP contribution >= 0.6 is 31.9 Å². The second-order valence-electron chi connectivity index (χ2n) is 5.20. The zero-order valence-corrected chi connectivity index (χ0v) is 14.1. The molecule has 2 aromatic carbocycles. The van der Waals surface area contributed by atoms with Crippen LogP contribution in [0.1, 0.15) is 27.9 Å². The number of Topliss-reactive ketones (excluding diaryl/α,β-unsaturated/α-hetero) is 1. The molecular weight excluding hydrogens is 380 g/mol. The molecule has 2 aromatic rings. The van der Waals surface area contributed by atoms with E-state index in [2.05, 4.69) is 56.1 Å². The number of ketones is 1. The summed E-state index contributed by atoms with van der Waals surface area (Å²) in [4.78, 5) is 12.7. The third kappa shape index (κ3) is 2.75. The Kier molecular flexibility index (Phi) is 4.08. The number of hydrogen-bond donors (Lipinski definition) is 0. The lowest BCUT2D eigenvalue weighted by Gasteiger charge is -2.24. The zero-order valence-electron chi connectivity index (χ0n) is 10.9. The summed E-state index contributed by atoms with van der Waals surface area (Å²) in [6, 6.07) is 14.2. The van der Waals surface area contributed by atoms with Gasteiger partial charge in [-0.25, -0.2) is 0 Å². The Morgan fingerprint density at radius 3 is 2.55 bits per heavy atom. The van der Waals surface area contributed by atoms with Gasteiger partial charge in [-0.2, -0.15) is 0 Å². The fourth-order valence-corrected chi connectivity index (χ4v) is 4.07. The number of hydrogen-bond acceptors (Lipinski definition) is 1. The van der Waals surface area contributed by atoms with E-state index in [0.29, 0.717) is 0 Å². The molecular formula is C17H14Br2O. The van der Waals surface area contributed by atoms with E-state index in [9.17, 15) is 4.79 Å². The molecule has 1 aliphatic carbocycles. The maximum Gasteiger partial charge on any atom is 0.167 e. The summed E-state index contributed by atoms with van der Waals surface area (Å²) < 4.78 is 1.85. The topological polar surface area (TPSA) is 17.1 Å². The van der Waals surface area contributed by atoms with Crippen LogP contribution in [-0.2, 0) is 12.8 Å². The molecule has 1 atom stereocenters. The summed E-state index contributed by atoms with van der Waals surface area (Å²) in [5.41, 5.74) is 3.51. The molecule has 0 N–H and O–H groups in total. The Morgan fingerprint density at radius 1 is 1.05 bits per heavy atom. The predicted octanol–water partition coefficient (Wildman–Crippen LogP) is 5.20. The maximum atomic E-state index is 12.7. The highest BCUT2D eigenvalue weighted by molar-refractivity contribution is 9.11. The number of benzene rings is 2. The van der Waals surface area contributed by atoms with Crippen LogP contribution in [0, 0.1) is 5.92 Å². The minimum atomic E-state index is 0.0994. The van der Waals surface area contributed by atoms with Crippen molar-refractivity contribution in [2.75, 3.05) is 0 Å². The van der Waals surface area contributed by atoms with Crippen molar-refractivity contribution in [2.24, 2.45) is 5.92 Å². The average molecular weight is 394 g/mol. The lowest BCUT2D eigenvalue weighted by atomic mass is 9.80. The minimum absolute atomic E-state index is 0.0994. The van der Waals surface area contributed by atoms with Crippen LogP contribution in [0.15, 0.2) is 51.4 Å². The van der Waals surface area contributed by atoms with Gasteiger partial charge in [0.1, 0.15) is 0 Å². The molecule has 20 heavy (non-hydrogen) atoms. The molecule has 1 aliphatic rings. The molecule has 0 amide bonds. The highest BCUT2D eigenvalue weighted by Gasteiger charge is 2.26. The fourth-order valence-electron chi connectivity index (χ4n) is 2.83. The van der Waals surface area contributed by atoms with Crippen LogP contribution in [0.25, 0.3) is 0 Å². The van der Waals surface area contributed by atoms with Gasteiger partial charge in [0.15, 0.2) is 5.78 Å². The molecule has 0 radical (unpaired) electrons. The third-order valence-corrected chi connectivity index (χ3v) is 5.06. The molecule has 0 heterocycles. The second-order valence-corrected chi connectivity index (χ2v) is 6.97. The summed E-state index contributed by atoms with van der Waals surface area (Å²) in [5, 5.41) is 0. The van der Waals surface area contributed by atoms with Crippen molar-refractivity contribution in [3.63, 3.8) is 0 Å². The van der Waals surface area contributed by atoms with Gasteiger partial charge >= 0.3 is 0 Å². The quantitative estimate of drug-likeness (QED) is 0.641. The Labute approximate surface area is 135 Å². The number of rotatable bonds is 2. The zero-order chi connectivity index (χ0) is 14.1. The first-order valence-corrected chi connectivity index (χ1v) is 8.30. The van der Waals surface area contributed by atoms with Gasteiger partial charge in [-0.15, -0.1) is 0 Å². The Bertz CT molecular complexity index is 664. The van der Waals surface area contributed by atoms with E-state index in [1.54, 1.807) is 0 Å². The highest BCUT2D eigenvalue weighted by Crippen LogP contribution is 2.31. The van der Waals surface area contributed by atoms with Gasteiger partial charge in [0.25, 0.3) is 0 Å². The van der Waals surface area contributed by atoms with E-state index in [1.807, 2.05) is 18.2 Å². The Hall–Kier alpha value is -0.930. The number of fused-ring (bicyclic) bond motifs is 1. The molecule has 0 fully saturated rings. The van der Waals surface area contributed by atoms with Crippen molar-refractivity contribution in [1.82, 2.24) is 0 Å². The highest BCUT2D eigenvalue weighted by atomic mass is 79.9. The number of halogens is 2. The summed E-state index contributed by atoms with van der Waals surface area (Å²) in [5.74, 6) is 0.348. The van der Waals surface area contributed by atoms with Gasteiger partial charge in [0.05, 0.1) is 0 Å². The molecule has 0 spiro atoms. The molecule has 3 heteroatoms. The summed E-state index contributed by atoms with van der Waals surface area (Å²) in [6.45, 7) is 0. The van der Waals surface area contributed by atoms with Crippen molar-refractivity contribution in [3.8, 4) is 0 Å². The molecule has 0 saturated heterocycles. The molecule has 0 aliphatic heterocycles. The van der Waals surface area contributed by atoms with E-state index in [1.165, 1.54) is 11.1 Å². The van der Waals surface area contributed by atoms with Gasteiger partial charge in [0.2, 0.25) is 0 Å². The van der Waals surface area contributed by atoms with Crippen molar-refractivity contribution in [2.45, 2.75) is 19.3 Å². The van der Waals surface area contributed by atoms with E-state index >= 15 is 0 Å². The SMILES string of the molecule is O=C(c1ccc(Br)cc1Br)C1CCc2ccccc2C1. The van der Waals surface area contributed by atoms with Crippen LogP contribution in [0.4, 0.5) is 0 Å². The van der Waals surface area contributed by atoms with Crippen molar-refractivity contribution < 1.29 is 4.79 Å². The van der Waals surface area contributed by atoms with Crippen molar-refractivity contribution >= 4 is 37.6 Å². The molecule has 0 bridgehead atoms. The molecule has 0 aromatic heterocycles.